The lowest BCUT2D eigenvalue weighted by Crippen LogP contribution is -2.35. The lowest BCUT2D eigenvalue weighted by atomic mass is 9.91. The highest BCUT2D eigenvalue weighted by Gasteiger charge is 2.23. The van der Waals surface area contributed by atoms with E-state index in [2.05, 4.69) is 47.3 Å². The fourth-order valence-electron chi connectivity index (χ4n) is 3.15. The molecule has 126 valence electrons. The molecule has 0 amide bonds. The zero-order chi connectivity index (χ0) is 16.9. The number of anilines is 3. The molecule has 1 fully saturated rings. The Morgan fingerprint density at radius 3 is 2.68 bits per heavy atom. The summed E-state index contributed by atoms with van der Waals surface area (Å²) in [5, 5.41) is 3.20. The summed E-state index contributed by atoms with van der Waals surface area (Å²) in [6.07, 6.45) is 12.7. The number of nitrogens with zero attached hydrogens (tertiary/aromatic N) is 6. The van der Waals surface area contributed by atoms with Gasteiger partial charge in [-0.05, 0) is 36.6 Å². The van der Waals surface area contributed by atoms with Crippen molar-refractivity contribution in [2.45, 2.75) is 18.8 Å². The van der Waals surface area contributed by atoms with Crippen LogP contribution < -0.4 is 10.2 Å². The number of pyridine rings is 1. The van der Waals surface area contributed by atoms with Gasteiger partial charge in [0.05, 0.1) is 6.20 Å². The molecular formula is C18H19N7. The Labute approximate surface area is 146 Å². The summed E-state index contributed by atoms with van der Waals surface area (Å²) in [5.74, 6) is 2.71. The minimum Gasteiger partial charge on any atom is -0.340 e. The third kappa shape index (κ3) is 3.71. The zero-order valence-corrected chi connectivity index (χ0v) is 13.8. The van der Waals surface area contributed by atoms with Crippen LogP contribution in [0.25, 0.3) is 0 Å². The van der Waals surface area contributed by atoms with Crippen LogP contribution in [-0.4, -0.2) is 38.0 Å². The van der Waals surface area contributed by atoms with Crippen LogP contribution in [0.2, 0.25) is 0 Å². The highest BCUT2D eigenvalue weighted by molar-refractivity contribution is 5.51. The van der Waals surface area contributed by atoms with Crippen molar-refractivity contribution in [2.24, 2.45) is 0 Å². The van der Waals surface area contributed by atoms with Crippen LogP contribution in [0.4, 0.5) is 17.6 Å². The van der Waals surface area contributed by atoms with E-state index in [-0.39, 0.29) is 0 Å². The standard InChI is InChI=1S/C18H19N7/c1-3-15(13-25(10-1)18-22-5-2-6-23-18)14-4-7-20-16(11-14)24-17-12-19-8-9-21-17/h2,4-9,11-12,15H,1,3,10,13H2,(H,20,21,24)/t15-/m1/s1. The summed E-state index contributed by atoms with van der Waals surface area (Å²) in [6.45, 7) is 1.91. The molecule has 1 aliphatic rings. The second kappa shape index (κ2) is 7.21. The Hall–Kier alpha value is -3.09. The van der Waals surface area contributed by atoms with E-state index in [0.29, 0.717) is 11.7 Å². The third-order valence-corrected chi connectivity index (χ3v) is 4.33. The summed E-state index contributed by atoms with van der Waals surface area (Å²) >= 11 is 0. The molecule has 0 radical (unpaired) electrons. The van der Waals surface area contributed by atoms with Gasteiger partial charge in [0.15, 0.2) is 0 Å². The number of nitrogens with one attached hydrogen (secondary N) is 1. The van der Waals surface area contributed by atoms with Crippen molar-refractivity contribution in [1.82, 2.24) is 24.9 Å². The van der Waals surface area contributed by atoms with E-state index in [1.165, 1.54) is 5.56 Å². The Balaban J connectivity index is 1.50. The monoisotopic (exact) mass is 333 g/mol. The van der Waals surface area contributed by atoms with Gasteiger partial charge >= 0.3 is 0 Å². The van der Waals surface area contributed by atoms with Crippen molar-refractivity contribution in [3.63, 3.8) is 0 Å². The minimum atomic E-state index is 0.433. The van der Waals surface area contributed by atoms with Crippen molar-refractivity contribution in [2.75, 3.05) is 23.3 Å². The molecule has 4 heterocycles. The number of hydrogen-bond donors (Lipinski definition) is 1. The molecular weight excluding hydrogens is 314 g/mol. The predicted octanol–water partition coefficient (Wildman–Crippen LogP) is 2.79. The van der Waals surface area contributed by atoms with Gasteiger partial charge in [-0.1, -0.05) is 0 Å². The summed E-state index contributed by atoms with van der Waals surface area (Å²) in [4.78, 5) is 23.7. The van der Waals surface area contributed by atoms with Gasteiger partial charge in [-0.25, -0.2) is 19.9 Å². The molecule has 25 heavy (non-hydrogen) atoms. The molecule has 0 unspecified atom stereocenters. The topological polar surface area (TPSA) is 79.7 Å². The van der Waals surface area contributed by atoms with Crippen LogP contribution in [0.1, 0.15) is 24.3 Å². The van der Waals surface area contributed by atoms with Crippen LogP contribution in [0.5, 0.6) is 0 Å². The lowest BCUT2D eigenvalue weighted by Gasteiger charge is -2.33. The number of hydrogen-bond acceptors (Lipinski definition) is 7. The van der Waals surface area contributed by atoms with Gasteiger partial charge < -0.3 is 10.2 Å². The second-order valence-corrected chi connectivity index (χ2v) is 6.02. The van der Waals surface area contributed by atoms with Crippen molar-refractivity contribution >= 4 is 17.6 Å². The molecule has 3 aromatic rings. The van der Waals surface area contributed by atoms with Crippen LogP contribution in [-0.2, 0) is 0 Å². The largest absolute Gasteiger partial charge is 0.340 e. The molecule has 0 bridgehead atoms. The van der Waals surface area contributed by atoms with Crippen LogP contribution in [0.3, 0.4) is 0 Å². The Kier molecular flexibility index (Phi) is 4.45. The Morgan fingerprint density at radius 1 is 0.960 bits per heavy atom. The number of rotatable bonds is 4. The average Bonchev–Trinajstić information content (AvgIpc) is 2.70. The Bertz CT molecular complexity index is 810. The first-order valence-electron chi connectivity index (χ1n) is 8.39. The van der Waals surface area contributed by atoms with Gasteiger partial charge in [-0.3, -0.25) is 4.98 Å². The Morgan fingerprint density at radius 2 is 1.84 bits per heavy atom. The van der Waals surface area contributed by atoms with E-state index in [0.717, 1.165) is 37.7 Å². The van der Waals surface area contributed by atoms with Gasteiger partial charge in [0.1, 0.15) is 11.6 Å². The summed E-state index contributed by atoms with van der Waals surface area (Å²) in [5.41, 5.74) is 1.27. The van der Waals surface area contributed by atoms with E-state index in [4.69, 9.17) is 0 Å². The van der Waals surface area contributed by atoms with E-state index < -0.39 is 0 Å². The maximum Gasteiger partial charge on any atom is 0.225 e. The first-order valence-corrected chi connectivity index (χ1v) is 8.39. The molecule has 1 saturated heterocycles. The van der Waals surface area contributed by atoms with Crippen molar-refractivity contribution in [3.8, 4) is 0 Å². The van der Waals surface area contributed by atoms with E-state index in [1.807, 2.05) is 12.3 Å². The highest BCUT2D eigenvalue weighted by Crippen LogP contribution is 2.29. The number of aromatic nitrogens is 5. The van der Waals surface area contributed by atoms with E-state index in [9.17, 15) is 0 Å². The van der Waals surface area contributed by atoms with Crippen molar-refractivity contribution < 1.29 is 0 Å². The number of piperidine rings is 1. The molecule has 1 aliphatic heterocycles. The molecule has 1 atom stereocenters. The molecule has 1 N–H and O–H groups in total. The predicted molar refractivity (Wildman–Crippen MR) is 95.8 cm³/mol. The maximum atomic E-state index is 4.39. The third-order valence-electron chi connectivity index (χ3n) is 4.33. The lowest BCUT2D eigenvalue weighted by molar-refractivity contribution is 0.503. The van der Waals surface area contributed by atoms with Crippen molar-refractivity contribution in [3.05, 3.63) is 60.9 Å². The fraction of sp³-hybridized carbons (Fsp3) is 0.278. The molecule has 0 aliphatic carbocycles. The van der Waals surface area contributed by atoms with Crippen molar-refractivity contribution in [1.29, 1.82) is 0 Å². The molecule has 7 nitrogen and oxygen atoms in total. The fourth-order valence-corrected chi connectivity index (χ4v) is 3.15. The highest BCUT2D eigenvalue weighted by atomic mass is 15.2. The first kappa shape index (κ1) is 15.4. The summed E-state index contributed by atoms with van der Waals surface area (Å²) in [6, 6.07) is 6.02. The SMILES string of the molecule is c1cnc(N2CCC[C@@H](c3ccnc(Nc4cnccn4)c3)C2)nc1. The quantitative estimate of drug-likeness (QED) is 0.786. The van der Waals surface area contributed by atoms with Gasteiger partial charge in [0.2, 0.25) is 5.95 Å². The molecule has 3 aromatic heterocycles. The summed E-state index contributed by atoms with van der Waals surface area (Å²) < 4.78 is 0. The molecule has 7 heteroatoms. The smallest absolute Gasteiger partial charge is 0.225 e. The summed E-state index contributed by atoms with van der Waals surface area (Å²) in [7, 11) is 0. The normalized spacial score (nSPS) is 17.3. The van der Waals surface area contributed by atoms with Crippen LogP contribution >= 0.6 is 0 Å². The molecule has 0 spiro atoms. The average molecular weight is 333 g/mol. The molecule has 0 saturated carbocycles. The molecule has 4 rings (SSSR count). The van der Waals surface area contributed by atoms with Crippen LogP contribution in [0.15, 0.2) is 55.4 Å². The van der Waals surface area contributed by atoms with Gasteiger partial charge in [0.25, 0.3) is 0 Å². The van der Waals surface area contributed by atoms with Gasteiger partial charge in [0, 0.05) is 50.0 Å². The van der Waals surface area contributed by atoms with E-state index in [1.54, 1.807) is 31.0 Å². The van der Waals surface area contributed by atoms with Gasteiger partial charge in [-0.2, -0.15) is 0 Å². The second-order valence-electron chi connectivity index (χ2n) is 6.02. The molecule has 0 aromatic carbocycles. The van der Waals surface area contributed by atoms with Crippen LogP contribution in [0, 0.1) is 0 Å². The minimum absolute atomic E-state index is 0.433. The van der Waals surface area contributed by atoms with Gasteiger partial charge in [-0.15, -0.1) is 0 Å². The first-order chi connectivity index (χ1) is 12.4. The van der Waals surface area contributed by atoms with E-state index >= 15 is 0 Å². The maximum absolute atomic E-state index is 4.39. The zero-order valence-electron chi connectivity index (χ0n) is 13.8.